The Morgan fingerprint density at radius 3 is 2.54 bits per heavy atom. The van der Waals surface area contributed by atoms with E-state index >= 15 is 0 Å². The van der Waals surface area contributed by atoms with Gasteiger partial charge >= 0.3 is 0 Å². The molecular weight excluding hydrogens is 346 g/mol. The second-order valence-electron chi connectivity index (χ2n) is 6.04. The zero-order valence-corrected chi connectivity index (χ0v) is 15.6. The number of carbonyl (C=O) groups is 1. The molecule has 1 fully saturated rings. The SMILES string of the molecule is C=CCOc1ccc(-c2nc(C(=O)N3CCN(CC=C)CC3)cs2)cc1. The summed E-state index contributed by atoms with van der Waals surface area (Å²) in [5, 5.41) is 2.68. The van der Waals surface area contributed by atoms with Gasteiger partial charge in [0.15, 0.2) is 0 Å². The number of aromatic nitrogens is 1. The fourth-order valence-corrected chi connectivity index (χ4v) is 3.63. The van der Waals surface area contributed by atoms with E-state index in [0.29, 0.717) is 12.3 Å². The van der Waals surface area contributed by atoms with Crippen molar-refractivity contribution in [2.45, 2.75) is 0 Å². The van der Waals surface area contributed by atoms with Gasteiger partial charge < -0.3 is 9.64 Å². The highest BCUT2D eigenvalue weighted by Crippen LogP contribution is 2.26. The smallest absolute Gasteiger partial charge is 0.273 e. The summed E-state index contributed by atoms with van der Waals surface area (Å²) in [6, 6.07) is 7.72. The molecule has 0 spiro atoms. The van der Waals surface area contributed by atoms with E-state index in [1.54, 1.807) is 6.08 Å². The molecule has 5 nitrogen and oxygen atoms in total. The molecule has 0 unspecified atom stereocenters. The van der Waals surface area contributed by atoms with Crippen LogP contribution in [0, 0.1) is 0 Å². The summed E-state index contributed by atoms with van der Waals surface area (Å²) in [5.41, 5.74) is 1.50. The Hall–Kier alpha value is -2.44. The molecule has 2 heterocycles. The van der Waals surface area contributed by atoms with Crippen LogP contribution in [0.15, 0.2) is 55.0 Å². The minimum Gasteiger partial charge on any atom is -0.490 e. The molecule has 0 N–H and O–H groups in total. The van der Waals surface area contributed by atoms with Crippen LogP contribution in [0.1, 0.15) is 10.5 Å². The van der Waals surface area contributed by atoms with Crippen molar-refractivity contribution in [3.05, 3.63) is 60.6 Å². The number of thiazole rings is 1. The minimum absolute atomic E-state index is 0.0108. The number of nitrogens with zero attached hydrogens (tertiary/aromatic N) is 3. The standard InChI is InChI=1S/C20H23N3O2S/c1-3-9-22-10-12-23(13-11-22)20(24)18-15-26-19(21-18)16-5-7-17(8-6-16)25-14-4-2/h3-8,15H,1-2,9-14H2. The molecule has 1 aromatic carbocycles. The van der Waals surface area contributed by atoms with E-state index in [9.17, 15) is 4.79 Å². The fraction of sp³-hybridized carbons (Fsp3) is 0.300. The number of hydrogen-bond donors (Lipinski definition) is 0. The van der Waals surface area contributed by atoms with Gasteiger partial charge in [-0.1, -0.05) is 18.7 Å². The normalized spacial score (nSPS) is 14.8. The molecule has 1 aromatic heterocycles. The van der Waals surface area contributed by atoms with E-state index in [0.717, 1.165) is 49.0 Å². The average Bonchev–Trinajstić information content (AvgIpc) is 3.17. The molecule has 0 radical (unpaired) electrons. The lowest BCUT2D eigenvalue weighted by Gasteiger charge is -2.33. The zero-order chi connectivity index (χ0) is 18.4. The highest BCUT2D eigenvalue weighted by Gasteiger charge is 2.23. The maximum absolute atomic E-state index is 12.7. The van der Waals surface area contributed by atoms with E-state index in [4.69, 9.17) is 4.74 Å². The molecule has 6 heteroatoms. The lowest BCUT2D eigenvalue weighted by molar-refractivity contribution is 0.0645. The predicted molar refractivity (Wildman–Crippen MR) is 106 cm³/mol. The second kappa shape index (κ2) is 8.78. The van der Waals surface area contributed by atoms with E-state index < -0.39 is 0 Å². The number of amides is 1. The molecule has 136 valence electrons. The van der Waals surface area contributed by atoms with Crippen LogP contribution in [0.5, 0.6) is 5.75 Å². The first-order valence-electron chi connectivity index (χ1n) is 8.63. The highest BCUT2D eigenvalue weighted by atomic mass is 32.1. The molecule has 0 saturated carbocycles. The number of carbonyl (C=O) groups excluding carboxylic acids is 1. The van der Waals surface area contributed by atoms with Crippen LogP contribution >= 0.6 is 11.3 Å². The van der Waals surface area contributed by atoms with Crippen molar-refractivity contribution in [1.29, 1.82) is 0 Å². The third-order valence-electron chi connectivity index (χ3n) is 4.24. The fourth-order valence-electron chi connectivity index (χ4n) is 2.83. The van der Waals surface area contributed by atoms with E-state index in [-0.39, 0.29) is 5.91 Å². The largest absolute Gasteiger partial charge is 0.490 e. The summed E-state index contributed by atoms with van der Waals surface area (Å²) in [7, 11) is 0. The van der Waals surface area contributed by atoms with Gasteiger partial charge in [0, 0.05) is 43.7 Å². The van der Waals surface area contributed by atoms with E-state index in [1.807, 2.05) is 40.6 Å². The first kappa shape index (κ1) is 18.4. The Kier molecular flexibility index (Phi) is 6.20. The van der Waals surface area contributed by atoms with Gasteiger partial charge in [-0.25, -0.2) is 4.98 Å². The molecule has 2 aromatic rings. The van der Waals surface area contributed by atoms with Crippen molar-refractivity contribution < 1.29 is 9.53 Å². The lowest BCUT2D eigenvalue weighted by atomic mass is 10.2. The monoisotopic (exact) mass is 369 g/mol. The van der Waals surface area contributed by atoms with Crippen molar-refractivity contribution in [3.63, 3.8) is 0 Å². The molecule has 0 bridgehead atoms. The number of piperazine rings is 1. The number of hydrogen-bond acceptors (Lipinski definition) is 5. The van der Waals surface area contributed by atoms with Crippen LogP contribution in [0.3, 0.4) is 0 Å². The summed E-state index contributed by atoms with van der Waals surface area (Å²) in [5.74, 6) is 0.801. The summed E-state index contributed by atoms with van der Waals surface area (Å²) in [4.78, 5) is 21.4. The van der Waals surface area contributed by atoms with Crippen LogP contribution in [0.4, 0.5) is 0 Å². The number of rotatable bonds is 7. The van der Waals surface area contributed by atoms with Crippen LogP contribution in [-0.2, 0) is 0 Å². The van der Waals surface area contributed by atoms with Gasteiger partial charge in [-0.15, -0.1) is 17.9 Å². The topological polar surface area (TPSA) is 45.7 Å². The van der Waals surface area contributed by atoms with E-state index in [1.165, 1.54) is 11.3 Å². The Balaban J connectivity index is 1.63. The van der Waals surface area contributed by atoms with Crippen LogP contribution in [0.2, 0.25) is 0 Å². The molecule has 0 aliphatic carbocycles. The molecule has 1 aliphatic rings. The van der Waals surface area contributed by atoms with Gasteiger partial charge in [0.2, 0.25) is 0 Å². The third kappa shape index (κ3) is 4.39. The van der Waals surface area contributed by atoms with Crippen LogP contribution in [0.25, 0.3) is 10.6 Å². The summed E-state index contributed by atoms with van der Waals surface area (Å²) in [6.07, 6.45) is 3.61. The Labute approximate surface area is 158 Å². The van der Waals surface area contributed by atoms with Gasteiger partial charge in [-0.3, -0.25) is 9.69 Å². The van der Waals surface area contributed by atoms with Crippen molar-refractivity contribution in [2.24, 2.45) is 0 Å². The van der Waals surface area contributed by atoms with Crippen molar-refractivity contribution in [3.8, 4) is 16.3 Å². The number of benzene rings is 1. The van der Waals surface area contributed by atoms with Gasteiger partial charge in [0.05, 0.1) is 0 Å². The number of ether oxygens (including phenoxy) is 1. The molecular formula is C20H23N3O2S. The van der Waals surface area contributed by atoms with Crippen molar-refractivity contribution in [2.75, 3.05) is 39.3 Å². The molecule has 3 rings (SSSR count). The van der Waals surface area contributed by atoms with Gasteiger partial charge in [0.25, 0.3) is 5.91 Å². The van der Waals surface area contributed by atoms with Crippen molar-refractivity contribution in [1.82, 2.24) is 14.8 Å². The quantitative estimate of drug-likeness (QED) is 0.703. The van der Waals surface area contributed by atoms with Crippen LogP contribution in [-0.4, -0.2) is 60.0 Å². The third-order valence-corrected chi connectivity index (χ3v) is 5.13. The Morgan fingerprint density at radius 1 is 1.15 bits per heavy atom. The summed E-state index contributed by atoms with van der Waals surface area (Å²) < 4.78 is 5.49. The molecule has 1 saturated heterocycles. The maximum Gasteiger partial charge on any atom is 0.273 e. The van der Waals surface area contributed by atoms with Gasteiger partial charge in [0.1, 0.15) is 23.1 Å². The van der Waals surface area contributed by atoms with Crippen LogP contribution < -0.4 is 4.74 Å². The molecule has 1 aliphatic heterocycles. The maximum atomic E-state index is 12.7. The van der Waals surface area contributed by atoms with Crippen molar-refractivity contribution >= 4 is 17.2 Å². The van der Waals surface area contributed by atoms with E-state index in [2.05, 4.69) is 23.0 Å². The van der Waals surface area contributed by atoms with Gasteiger partial charge in [-0.2, -0.15) is 0 Å². The molecule has 0 atom stereocenters. The lowest BCUT2D eigenvalue weighted by Crippen LogP contribution is -2.48. The summed E-state index contributed by atoms with van der Waals surface area (Å²) >= 11 is 1.49. The average molecular weight is 369 g/mol. The molecule has 26 heavy (non-hydrogen) atoms. The Morgan fingerprint density at radius 2 is 1.88 bits per heavy atom. The predicted octanol–water partition coefficient (Wildman–Crippen LogP) is 3.32. The first-order chi connectivity index (χ1) is 12.7. The summed E-state index contributed by atoms with van der Waals surface area (Å²) in [6.45, 7) is 12.0. The minimum atomic E-state index is 0.0108. The molecule has 1 amide bonds. The first-order valence-corrected chi connectivity index (χ1v) is 9.51. The zero-order valence-electron chi connectivity index (χ0n) is 14.8. The second-order valence-corrected chi connectivity index (χ2v) is 6.90. The Bertz CT molecular complexity index is 762. The highest BCUT2D eigenvalue weighted by molar-refractivity contribution is 7.13. The van der Waals surface area contributed by atoms with Gasteiger partial charge in [-0.05, 0) is 24.3 Å².